The van der Waals surface area contributed by atoms with E-state index in [-0.39, 0.29) is 12.1 Å². The van der Waals surface area contributed by atoms with Gasteiger partial charge in [-0.3, -0.25) is 14.6 Å². The van der Waals surface area contributed by atoms with Crippen LogP contribution in [0, 0.1) is 0 Å². The summed E-state index contributed by atoms with van der Waals surface area (Å²) < 4.78 is 0. The van der Waals surface area contributed by atoms with Crippen molar-refractivity contribution in [1.82, 2.24) is 9.88 Å². The van der Waals surface area contributed by atoms with Crippen molar-refractivity contribution in [2.75, 3.05) is 5.32 Å². The van der Waals surface area contributed by atoms with E-state index in [9.17, 15) is 9.59 Å². The minimum absolute atomic E-state index is 0.0997. The average Bonchev–Trinajstić information content (AvgIpc) is 2.55. The molecule has 5 nitrogen and oxygen atoms in total. The van der Waals surface area contributed by atoms with Crippen LogP contribution in [0.3, 0.4) is 0 Å². The maximum atomic E-state index is 12.6. The number of likely N-dealkylation sites (tertiary alicyclic amines) is 1. The van der Waals surface area contributed by atoms with E-state index in [2.05, 4.69) is 10.3 Å². The fourth-order valence-electron chi connectivity index (χ4n) is 3.32. The Morgan fingerprint density at radius 1 is 1.13 bits per heavy atom. The Labute approximate surface area is 135 Å². The maximum Gasteiger partial charge on any atom is 0.313 e. The molecule has 0 spiro atoms. The molecule has 3 rings (SSSR count). The smallest absolute Gasteiger partial charge is 0.313 e. The van der Waals surface area contributed by atoms with Gasteiger partial charge in [0.1, 0.15) is 0 Å². The van der Waals surface area contributed by atoms with Crippen molar-refractivity contribution in [1.29, 1.82) is 0 Å². The molecule has 1 aromatic heterocycles. The quantitative estimate of drug-likeness (QED) is 0.824. The lowest BCUT2D eigenvalue weighted by atomic mass is 9.97. The Balaban J connectivity index is 1.81. The summed E-state index contributed by atoms with van der Waals surface area (Å²) >= 11 is 0. The first-order valence-corrected chi connectivity index (χ1v) is 8.05. The molecule has 120 valence electrons. The molecule has 1 aromatic carbocycles. The van der Waals surface area contributed by atoms with Crippen LogP contribution in [-0.2, 0) is 9.59 Å². The van der Waals surface area contributed by atoms with Gasteiger partial charge < -0.3 is 10.2 Å². The summed E-state index contributed by atoms with van der Waals surface area (Å²) in [6.07, 6.45) is 4.66. The van der Waals surface area contributed by atoms with Gasteiger partial charge in [0.05, 0.1) is 11.2 Å². The van der Waals surface area contributed by atoms with E-state index in [4.69, 9.17) is 0 Å². The van der Waals surface area contributed by atoms with Gasteiger partial charge in [-0.05, 0) is 45.2 Å². The number of carbonyl (C=O) groups is 2. The Morgan fingerprint density at radius 2 is 1.83 bits per heavy atom. The number of rotatable bonds is 1. The van der Waals surface area contributed by atoms with Crippen LogP contribution < -0.4 is 5.32 Å². The molecule has 2 heterocycles. The molecule has 2 atom stereocenters. The molecule has 2 aromatic rings. The average molecular weight is 311 g/mol. The Morgan fingerprint density at radius 3 is 2.57 bits per heavy atom. The number of para-hydroxylation sites is 1. The largest absolute Gasteiger partial charge is 0.329 e. The second kappa shape index (κ2) is 6.36. The first-order valence-electron chi connectivity index (χ1n) is 8.05. The molecular formula is C18H21N3O2. The van der Waals surface area contributed by atoms with Crippen LogP contribution in [0.4, 0.5) is 5.69 Å². The summed E-state index contributed by atoms with van der Waals surface area (Å²) in [4.78, 5) is 31.0. The van der Waals surface area contributed by atoms with E-state index in [0.29, 0.717) is 11.2 Å². The lowest BCUT2D eigenvalue weighted by Crippen LogP contribution is -2.51. The highest BCUT2D eigenvalue weighted by Crippen LogP contribution is 2.24. The summed E-state index contributed by atoms with van der Waals surface area (Å²) in [6.45, 7) is 4.00. The van der Waals surface area contributed by atoms with Crippen LogP contribution in [0.15, 0.2) is 36.5 Å². The number of pyridine rings is 1. The molecule has 0 bridgehead atoms. The van der Waals surface area contributed by atoms with Crippen molar-refractivity contribution >= 4 is 28.4 Å². The number of piperidine rings is 1. The van der Waals surface area contributed by atoms with E-state index in [0.717, 1.165) is 24.6 Å². The fraction of sp³-hybridized carbons (Fsp3) is 0.389. The standard InChI is InChI=1S/C18H21N3O2/c1-12-6-3-7-13(2)21(12)18(23)17(22)20-15-10-4-8-14-9-5-11-19-16(14)15/h4-5,8-13H,3,6-7H2,1-2H3,(H,20,22). The third-order valence-corrected chi connectivity index (χ3v) is 4.50. The summed E-state index contributed by atoms with van der Waals surface area (Å²) in [7, 11) is 0. The SMILES string of the molecule is CC1CCCC(C)N1C(=O)C(=O)Nc1cccc2cccnc12. The van der Waals surface area contributed by atoms with Crippen LogP contribution in [0.5, 0.6) is 0 Å². The van der Waals surface area contributed by atoms with E-state index >= 15 is 0 Å². The van der Waals surface area contributed by atoms with Crippen molar-refractivity contribution in [2.45, 2.75) is 45.2 Å². The highest BCUT2D eigenvalue weighted by atomic mass is 16.2. The predicted octanol–water partition coefficient (Wildman–Crippen LogP) is 2.96. The molecule has 0 radical (unpaired) electrons. The monoisotopic (exact) mass is 311 g/mol. The van der Waals surface area contributed by atoms with Crippen LogP contribution in [-0.4, -0.2) is 33.8 Å². The molecule has 0 aliphatic carbocycles. The van der Waals surface area contributed by atoms with Gasteiger partial charge in [-0.15, -0.1) is 0 Å². The predicted molar refractivity (Wildman–Crippen MR) is 90.0 cm³/mol. The molecule has 2 amide bonds. The number of nitrogens with one attached hydrogen (secondary N) is 1. The van der Waals surface area contributed by atoms with Gasteiger partial charge in [0.25, 0.3) is 0 Å². The minimum Gasteiger partial charge on any atom is -0.329 e. The summed E-state index contributed by atoms with van der Waals surface area (Å²) in [5.41, 5.74) is 1.26. The molecule has 0 saturated carbocycles. The molecule has 2 unspecified atom stereocenters. The first kappa shape index (κ1) is 15.5. The number of carbonyl (C=O) groups excluding carboxylic acids is 2. The fourth-order valence-corrected chi connectivity index (χ4v) is 3.32. The van der Waals surface area contributed by atoms with E-state index in [1.54, 1.807) is 17.2 Å². The van der Waals surface area contributed by atoms with Crippen molar-refractivity contribution in [3.63, 3.8) is 0 Å². The maximum absolute atomic E-state index is 12.6. The summed E-state index contributed by atoms with van der Waals surface area (Å²) in [6, 6.07) is 9.50. The molecule has 1 saturated heterocycles. The molecule has 1 N–H and O–H groups in total. The van der Waals surface area contributed by atoms with E-state index in [1.165, 1.54) is 0 Å². The Hall–Kier alpha value is -2.43. The zero-order chi connectivity index (χ0) is 16.4. The van der Waals surface area contributed by atoms with Gasteiger partial charge in [0.2, 0.25) is 0 Å². The number of benzene rings is 1. The highest BCUT2D eigenvalue weighted by molar-refractivity contribution is 6.40. The summed E-state index contributed by atoms with van der Waals surface area (Å²) in [5, 5.41) is 3.66. The zero-order valence-electron chi connectivity index (χ0n) is 13.5. The van der Waals surface area contributed by atoms with Gasteiger partial charge >= 0.3 is 11.8 Å². The van der Waals surface area contributed by atoms with Crippen molar-refractivity contribution in [3.05, 3.63) is 36.5 Å². The minimum atomic E-state index is -0.594. The van der Waals surface area contributed by atoms with Crippen molar-refractivity contribution in [2.24, 2.45) is 0 Å². The van der Waals surface area contributed by atoms with Gasteiger partial charge in [-0.2, -0.15) is 0 Å². The lowest BCUT2D eigenvalue weighted by Gasteiger charge is -2.38. The summed E-state index contributed by atoms with van der Waals surface area (Å²) in [5.74, 6) is -1.05. The number of hydrogen-bond acceptors (Lipinski definition) is 3. The molecule has 1 fully saturated rings. The Bertz CT molecular complexity index is 729. The van der Waals surface area contributed by atoms with Crippen LogP contribution >= 0.6 is 0 Å². The number of hydrogen-bond donors (Lipinski definition) is 1. The molecule has 23 heavy (non-hydrogen) atoms. The van der Waals surface area contributed by atoms with Crippen LogP contribution in [0.1, 0.15) is 33.1 Å². The topological polar surface area (TPSA) is 62.3 Å². The zero-order valence-corrected chi connectivity index (χ0v) is 13.5. The van der Waals surface area contributed by atoms with Gasteiger partial charge in [0.15, 0.2) is 0 Å². The third-order valence-electron chi connectivity index (χ3n) is 4.50. The van der Waals surface area contributed by atoms with Crippen LogP contribution in [0.25, 0.3) is 10.9 Å². The molecule has 5 heteroatoms. The van der Waals surface area contributed by atoms with Crippen LogP contribution in [0.2, 0.25) is 0 Å². The van der Waals surface area contributed by atoms with Gasteiger partial charge in [0, 0.05) is 23.7 Å². The number of aromatic nitrogens is 1. The van der Waals surface area contributed by atoms with Gasteiger partial charge in [-0.1, -0.05) is 18.2 Å². The van der Waals surface area contributed by atoms with E-state index < -0.39 is 11.8 Å². The normalized spacial score (nSPS) is 21.2. The van der Waals surface area contributed by atoms with Crippen molar-refractivity contribution in [3.8, 4) is 0 Å². The third kappa shape index (κ3) is 3.04. The Kier molecular flexibility index (Phi) is 4.28. The molecule has 1 aliphatic rings. The molecule has 1 aliphatic heterocycles. The number of anilines is 1. The number of fused-ring (bicyclic) bond motifs is 1. The first-order chi connectivity index (χ1) is 11.1. The van der Waals surface area contributed by atoms with E-state index in [1.807, 2.05) is 38.1 Å². The second-order valence-electron chi connectivity index (χ2n) is 6.18. The highest BCUT2D eigenvalue weighted by Gasteiger charge is 2.32. The van der Waals surface area contributed by atoms with Gasteiger partial charge in [-0.25, -0.2) is 0 Å². The number of nitrogens with zero attached hydrogens (tertiary/aromatic N) is 2. The molecular weight excluding hydrogens is 290 g/mol. The lowest BCUT2D eigenvalue weighted by molar-refractivity contribution is -0.147. The number of amides is 2. The van der Waals surface area contributed by atoms with Crippen molar-refractivity contribution < 1.29 is 9.59 Å². The second-order valence-corrected chi connectivity index (χ2v) is 6.18.